The Hall–Kier alpha value is -2.95. The standard InChI is InChI=1S/C23H25N3O2/c1-25(21-12-11-17-7-5-6-10-19(17)21)22(27)13-14-23(28)26-16-15-20(24-26)18-8-3-2-4-9-18/h2-10,21H,11-16H2,1H3. The van der Waals surface area contributed by atoms with Crippen molar-refractivity contribution in [3.8, 4) is 0 Å². The van der Waals surface area contributed by atoms with Crippen LogP contribution in [-0.4, -0.2) is 41.0 Å². The summed E-state index contributed by atoms with van der Waals surface area (Å²) in [4.78, 5) is 27.0. The highest BCUT2D eigenvalue weighted by Gasteiger charge is 2.29. The van der Waals surface area contributed by atoms with E-state index >= 15 is 0 Å². The maximum Gasteiger partial charge on any atom is 0.243 e. The van der Waals surface area contributed by atoms with E-state index in [1.807, 2.05) is 54.4 Å². The Kier molecular flexibility index (Phi) is 5.24. The highest BCUT2D eigenvalue weighted by molar-refractivity contribution is 6.02. The summed E-state index contributed by atoms with van der Waals surface area (Å²) >= 11 is 0. The van der Waals surface area contributed by atoms with Gasteiger partial charge in [0.2, 0.25) is 11.8 Å². The van der Waals surface area contributed by atoms with Gasteiger partial charge in [-0.05, 0) is 29.5 Å². The monoisotopic (exact) mass is 375 g/mol. The summed E-state index contributed by atoms with van der Waals surface area (Å²) in [6, 6.07) is 18.3. The van der Waals surface area contributed by atoms with Crippen LogP contribution in [0.15, 0.2) is 59.7 Å². The molecule has 5 nitrogen and oxygen atoms in total. The lowest BCUT2D eigenvalue weighted by molar-refractivity contribution is -0.137. The van der Waals surface area contributed by atoms with E-state index in [2.05, 4.69) is 17.2 Å². The van der Waals surface area contributed by atoms with Gasteiger partial charge in [0.1, 0.15) is 0 Å². The van der Waals surface area contributed by atoms with Gasteiger partial charge in [0.25, 0.3) is 0 Å². The Bertz CT molecular complexity index is 907. The van der Waals surface area contributed by atoms with E-state index in [0.29, 0.717) is 6.54 Å². The van der Waals surface area contributed by atoms with Crippen LogP contribution in [0, 0.1) is 0 Å². The second-order valence-electron chi connectivity index (χ2n) is 7.44. The number of carbonyl (C=O) groups is 2. The van der Waals surface area contributed by atoms with Crippen LogP contribution in [0.25, 0.3) is 0 Å². The molecule has 0 saturated heterocycles. The normalized spacial score (nSPS) is 18.0. The molecule has 0 aromatic heterocycles. The van der Waals surface area contributed by atoms with Crippen molar-refractivity contribution in [1.29, 1.82) is 0 Å². The van der Waals surface area contributed by atoms with Crippen molar-refractivity contribution < 1.29 is 9.59 Å². The van der Waals surface area contributed by atoms with Crippen molar-refractivity contribution in [2.45, 2.75) is 38.1 Å². The third-order valence-electron chi connectivity index (χ3n) is 5.71. The lowest BCUT2D eigenvalue weighted by atomic mass is 10.1. The van der Waals surface area contributed by atoms with Crippen LogP contribution in [0.1, 0.15) is 48.4 Å². The van der Waals surface area contributed by atoms with Gasteiger partial charge in [-0.15, -0.1) is 0 Å². The van der Waals surface area contributed by atoms with Gasteiger partial charge in [0, 0.05) is 26.3 Å². The maximum atomic E-state index is 12.7. The number of benzene rings is 2. The summed E-state index contributed by atoms with van der Waals surface area (Å²) in [6.07, 6.45) is 3.13. The molecule has 2 aliphatic rings. The van der Waals surface area contributed by atoms with Crippen molar-refractivity contribution in [2.24, 2.45) is 5.10 Å². The first-order valence-electron chi connectivity index (χ1n) is 9.90. The molecule has 4 rings (SSSR count). The van der Waals surface area contributed by atoms with Crippen LogP contribution in [0.4, 0.5) is 0 Å². The molecule has 0 saturated carbocycles. The van der Waals surface area contributed by atoms with Crippen LogP contribution >= 0.6 is 0 Å². The van der Waals surface area contributed by atoms with Crippen molar-refractivity contribution in [3.05, 3.63) is 71.3 Å². The molecular formula is C23H25N3O2. The van der Waals surface area contributed by atoms with Gasteiger partial charge < -0.3 is 4.90 Å². The Balaban J connectivity index is 1.33. The lowest BCUT2D eigenvalue weighted by Crippen LogP contribution is -2.31. The van der Waals surface area contributed by atoms with E-state index in [0.717, 1.165) is 30.5 Å². The van der Waals surface area contributed by atoms with E-state index < -0.39 is 0 Å². The predicted molar refractivity (Wildman–Crippen MR) is 109 cm³/mol. The molecule has 144 valence electrons. The zero-order chi connectivity index (χ0) is 19.5. The third kappa shape index (κ3) is 3.70. The summed E-state index contributed by atoms with van der Waals surface area (Å²) in [5, 5.41) is 5.98. The van der Waals surface area contributed by atoms with Gasteiger partial charge in [0.15, 0.2) is 0 Å². The molecule has 28 heavy (non-hydrogen) atoms. The van der Waals surface area contributed by atoms with E-state index in [1.165, 1.54) is 16.1 Å². The molecule has 1 unspecified atom stereocenters. The number of hydrazone groups is 1. The molecule has 2 aromatic carbocycles. The van der Waals surface area contributed by atoms with Gasteiger partial charge in [-0.3, -0.25) is 9.59 Å². The molecule has 0 fully saturated rings. The highest BCUT2D eigenvalue weighted by atomic mass is 16.2. The van der Waals surface area contributed by atoms with E-state index in [1.54, 1.807) is 0 Å². The lowest BCUT2D eigenvalue weighted by Gasteiger charge is -2.25. The second-order valence-corrected chi connectivity index (χ2v) is 7.44. The summed E-state index contributed by atoms with van der Waals surface area (Å²) < 4.78 is 0. The van der Waals surface area contributed by atoms with Crippen molar-refractivity contribution >= 4 is 17.5 Å². The fourth-order valence-electron chi connectivity index (χ4n) is 4.10. The van der Waals surface area contributed by atoms with E-state index in [9.17, 15) is 9.59 Å². The Morgan fingerprint density at radius 2 is 1.79 bits per heavy atom. The van der Waals surface area contributed by atoms with Gasteiger partial charge in [-0.1, -0.05) is 54.6 Å². The van der Waals surface area contributed by atoms with Crippen LogP contribution in [0.5, 0.6) is 0 Å². The number of carbonyl (C=O) groups excluding carboxylic acids is 2. The van der Waals surface area contributed by atoms with Gasteiger partial charge >= 0.3 is 0 Å². The van der Waals surface area contributed by atoms with Crippen LogP contribution in [0.2, 0.25) is 0 Å². The number of hydrogen-bond donors (Lipinski definition) is 0. The zero-order valence-corrected chi connectivity index (χ0v) is 16.2. The second kappa shape index (κ2) is 7.97. The number of fused-ring (bicyclic) bond motifs is 1. The molecule has 0 spiro atoms. The minimum atomic E-state index is -0.0838. The van der Waals surface area contributed by atoms with Crippen LogP contribution in [-0.2, 0) is 16.0 Å². The quantitative estimate of drug-likeness (QED) is 0.802. The van der Waals surface area contributed by atoms with Crippen LogP contribution in [0.3, 0.4) is 0 Å². The first-order chi connectivity index (χ1) is 13.6. The number of rotatable bonds is 5. The number of amides is 2. The summed E-state index contributed by atoms with van der Waals surface area (Å²) in [6.45, 7) is 0.586. The summed E-state index contributed by atoms with van der Waals surface area (Å²) in [7, 11) is 1.85. The average Bonchev–Trinajstić information content (AvgIpc) is 3.39. The molecule has 0 bridgehead atoms. The zero-order valence-electron chi connectivity index (χ0n) is 16.2. The van der Waals surface area contributed by atoms with Gasteiger partial charge in [-0.25, -0.2) is 5.01 Å². The molecule has 1 aliphatic heterocycles. The minimum Gasteiger partial charge on any atom is -0.339 e. The fourth-order valence-corrected chi connectivity index (χ4v) is 4.10. The first kappa shape index (κ1) is 18.4. The van der Waals surface area contributed by atoms with Crippen molar-refractivity contribution in [3.63, 3.8) is 0 Å². The molecule has 1 heterocycles. The fraction of sp³-hybridized carbons (Fsp3) is 0.348. The van der Waals surface area contributed by atoms with Gasteiger partial charge in [0.05, 0.1) is 18.3 Å². The van der Waals surface area contributed by atoms with Crippen LogP contribution < -0.4 is 0 Å². The predicted octanol–water partition coefficient (Wildman–Crippen LogP) is 3.55. The average molecular weight is 375 g/mol. The van der Waals surface area contributed by atoms with Crippen molar-refractivity contribution in [2.75, 3.05) is 13.6 Å². The smallest absolute Gasteiger partial charge is 0.243 e. The highest BCUT2D eigenvalue weighted by Crippen LogP contribution is 2.35. The Morgan fingerprint density at radius 3 is 2.61 bits per heavy atom. The molecule has 0 N–H and O–H groups in total. The summed E-state index contributed by atoms with van der Waals surface area (Å²) in [5.41, 5.74) is 4.54. The summed E-state index contributed by atoms with van der Waals surface area (Å²) in [5.74, 6) is -0.0685. The Labute approximate surface area is 165 Å². The molecule has 5 heteroatoms. The third-order valence-corrected chi connectivity index (χ3v) is 5.71. The topological polar surface area (TPSA) is 53.0 Å². The molecule has 1 atom stereocenters. The number of aryl methyl sites for hydroxylation is 1. The van der Waals surface area contributed by atoms with E-state index in [-0.39, 0.29) is 30.7 Å². The largest absolute Gasteiger partial charge is 0.339 e. The SMILES string of the molecule is CN(C(=O)CCC(=O)N1CCC(c2ccccc2)=N1)C1CCc2ccccc21. The molecule has 2 aromatic rings. The maximum absolute atomic E-state index is 12.7. The molecular weight excluding hydrogens is 350 g/mol. The van der Waals surface area contributed by atoms with E-state index in [4.69, 9.17) is 0 Å². The van der Waals surface area contributed by atoms with Gasteiger partial charge in [-0.2, -0.15) is 5.10 Å². The molecule has 2 amide bonds. The van der Waals surface area contributed by atoms with Crippen molar-refractivity contribution in [1.82, 2.24) is 9.91 Å². The number of hydrogen-bond acceptors (Lipinski definition) is 3. The minimum absolute atomic E-state index is 0.0153. The first-order valence-corrected chi connectivity index (χ1v) is 9.90. The number of nitrogens with zero attached hydrogens (tertiary/aromatic N) is 3. The molecule has 0 radical (unpaired) electrons. The Morgan fingerprint density at radius 1 is 1.04 bits per heavy atom. The molecule has 1 aliphatic carbocycles.